The van der Waals surface area contributed by atoms with E-state index in [0.29, 0.717) is 5.92 Å². The topological polar surface area (TPSA) is 28.6 Å². The second kappa shape index (κ2) is 5.79. The van der Waals surface area contributed by atoms with Crippen molar-refractivity contribution in [1.82, 2.24) is 5.32 Å². The van der Waals surface area contributed by atoms with Gasteiger partial charge in [-0.25, -0.2) is 0 Å². The molecule has 3 N–H and O–H groups in total. The minimum atomic E-state index is 0.665. The fraction of sp³-hybridized carbons (Fsp3) is 0.714. The molecular weight excluding hydrogens is 112 g/mol. The molecule has 54 valence electrons. The molecule has 0 spiro atoms. The van der Waals surface area contributed by atoms with Gasteiger partial charge in [0.25, 0.3) is 0 Å². The Kier molecular flexibility index (Phi) is 5.57. The van der Waals surface area contributed by atoms with Gasteiger partial charge in [-0.2, -0.15) is 0 Å². The summed E-state index contributed by atoms with van der Waals surface area (Å²) >= 11 is 0. The van der Waals surface area contributed by atoms with Crippen LogP contribution in [0.5, 0.6) is 0 Å². The molecule has 0 saturated heterocycles. The first-order valence-electron chi connectivity index (χ1n) is 3.42. The number of allylic oxidation sites excluding steroid dienone is 1. The van der Waals surface area contributed by atoms with Gasteiger partial charge in [0.1, 0.15) is 6.67 Å². The first-order valence-corrected chi connectivity index (χ1v) is 3.42. The van der Waals surface area contributed by atoms with Gasteiger partial charge in [-0.05, 0) is 19.0 Å². The van der Waals surface area contributed by atoms with Crippen molar-refractivity contribution in [2.45, 2.75) is 13.8 Å². The van der Waals surface area contributed by atoms with Crippen LogP contribution in [0.1, 0.15) is 13.8 Å². The molecule has 2 nitrogen and oxygen atoms in total. The highest BCUT2D eigenvalue weighted by Crippen LogP contribution is 1.88. The number of hydrogen-bond acceptors (Lipinski definition) is 1. The van der Waals surface area contributed by atoms with Gasteiger partial charge in [0.2, 0.25) is 0 Å². The van der Waals surface area contributed by atoms with E-state index in [1.807, 2.05) is 7.05 Å². The summed E-state index contributed by atoms with van der Waals surface area (Å²) in [6.07, 6.45) is 4.28. The van der Waals surface area contributed by atoms with E-state index >= 15 is 0 Å². The summed E-state index contributed by atoms with van der Waals surface area (Å²) in [4.78, 5) is 0. The first kappa shape index (κ1) is 8.66. The summed E-state index contributed by atoms with van der Waals surface area (Å²) in [5.41, 5.74) is 0. The lowest BCUT2D eigenvalue weighted by Gasteiger charge is -1.93. The van der Waals surface area contributed by atoms with Crippen molar-refractivity contribution in [1.29, 1.82) is 0 Å². The Morgan fingerprint density at radius 2 is 2.22 bits per heavy atom. The maximum Gasteiger partial charge on any atom is 0.133 e. The van der Waals surface area contributed by atoms with Crippen LogP contribution in [0, 0.1) is 5.92 Å². The zero-order valence-electron chi connectivity index (χ0n) is 6.52. The molecule has 0 aliphatic carbocycles. The van der Waals surface area contributed by atoms with E-state index in [9.17, 15) is 0 Å². The molecule has 0 aromatic heterocycles. The molecule has 9 heavy (non-hydrogen) atoms. The lowest BCUT2D eigenvalue weighted by atomic mass is 10.2. The van der Waals surface area contributed by atoms with Gasteiger partial charge in [-0.1, -0.05) is 13.8 Å². The third kappa shape index (κ3) is 7.66. The monoisotopic (exact) mass is 129 g/mol. The van der Waals surface area contributed by atoms with E-state index in [-0.39, 0.29) is 0 Å². The van der Waals surface area contributed by atoms with Crippen molar-refractivity contribution < 1.29 is 5.32 Å². The van der Waals surface area contributed by atoms with Gasteiger partial charge < -0.3 is 5.32 Å². The highest BCUT2D eigenvalue weighted by molar-refractivity contribution is 4.74. The number of quaternary nitrogens is 1. The molecule has 0 saturated carbocycles. The molecule has 0 radical (unpaired) electrons. The van der Waals surface area contributed by atoms with Crippen LogP contribution < -0.4 is 10.6 Å². The van der Waals surface area contributed by atoms with Gasteiger partial charge in [0.05, 0.1) is 6.20 Å². The van der Waals surface area contributed by atoms with E-state index < -0.39 is 0 Å². The summed E-state index contributed by atoms with van der Waals surface area (Å²) in [7, 11) is 1.94. The number of hydrogen-bond donors (Lipinski definition) is 2. The summed E-state index contributed by atoms with van der Waals surface area (Å²) in [6.45, 7) is 5.30. The van der Waals surface area contributed by atoms with E-state index in [0.717, 1.165) is 6.67 Å². The smallest absolute Gasteiger partial charge is 0.133 e. The minimum absolute atomic E-state index is 0.665. The van der Waals surface area contributed by atoms with E-state index in [4.69, 9.17) is 0 Å². The van der Waals surface area contributed by atoms with Crippen molar-refractivity contribution in [3.63, 3.8) is 0 Å². The summed E-state index contributed by atoms with van der Waals surface area (Å²) < 4.78 is 0. The number of rotatable bonds is 4. The molecule has 0 aliphatic heterocycles. The van der Waals surface area contributed by atoms with Crippen molar-refractivity contribution in [2.75, 3.05) is 13.7 Å². The van der Waals surface area contributed by atoms with Gasteiger partial charge in [-0.3, -0.25) is 5.32 Å². The first-order chi connectivity index (χ1) is 4.27. The Bertz CT molecular complexity index is 77.0. The molecule has 0 fully saturated rings. The van der Waals surface area contributed by atoms with Crippen molar-refractivity contribution >= 4 is 0 Å². The highest BCUT2D eigenvalue weighted by atomic mass is 15.0. The predicted molar refractivity (Wildman–Crippen MR) is 39.8 cm³/mol. The van der Waals surface area contributed by atoms with Crippen LogP contribution in [-0.4, -0.2) is 13.7 Å². The Balaban J connectivity index is 3.04. The van der Waals surface area contributed by atoms with Gasteiger partial charge >= 0.3 is 0 Å². The maximum absolute atomic E-state index is 3.03. The molecule has 0 heterocycles. The number of nitrogens with two attached hydrogens (primary N) is 1. The van der Waals surface area contributed by atoms with E-state index in [1.165, 1.54) is 0 Å². The van der Waals surface area contributed by atoms with Crippen LogP contribution in [0.15, 0.2) is 12.3 Å². The highest BCUT2D eigenvalue weighted by Gasteiger charge is 1.83. The van der Waals surface area contributed by atoms with E-state index in [2.05, 4.69) is 36.8 Å². The molecule has 0 aliphatic rings. The quantitative estimate of drug-likeness (QED) is 0.402. The molecule has 0 aromatic rings. The zero-order valence-corrected chi connectivity index (χ0v) is 6.52. The van der Waals surface area contributed by atoms with Crippen LogP contribution in [0.2, 0.25) is 0 Å². The van der Waals surface area contributed by atoms with E-state index in [1.54, 1.807) is 0 Å². The SMILES string of the molecule is CNC[NH2+]C=CC(C)C. The van der Waals surface area contributed by atoms with Crippen molar-refractivity contribution in [3.05, 3.63) is 12.3 Å². The lowest BCUT2D eigenvalue weighted by Crippen LogP contribution is -2.81. The molecule has 0 unspecified atom stereocenters. The zero-order chi connectivity index (χ0) is 7.11. The Morgan fingerprint density at radius 1 is 1.56 bits per heavy atom. The molecule has 0 aromatic carbocycles. The standard InChI is InChI=1S/C7H16N2/c1-7(2)4-5-9-6-8-3/h4-5,7-9H,6H2,1-3H3/p+1. The normalized spacial score (nSPS) is 11.6. The fourth-order valence-corrected chi connectivity index (χ4v) is 0.487. The molecular formula is C7H17N2+. The van der Waals surface area contributed by atoms with Gasteiger partial charge in [-0.15, -0.1) is 0 Å². The van der Waals surface area contributed by atoms with Crippen molar-refractivity contribution in [3.8, 4) is 0 Å². The van der Waals surface area contributed by atoms with Gasteiger partial charge in [0, 0.05) is 0 Å². The molecule has 0 bridgehead atoms. The minimum Gasteiger partial charge on any atom is -0.308 e. The lowest BCUT2D eigenvalue weighted by molar-refractivity contribution is -0.592. The van der Waals surface area contributed by atoms with Crippen LogP contribution in [-0.2, 0) is 0 Å². The molecule has 2 heteroatoms. The van der Waals surface area contributed by atoms with Crippen LogP contribution in [0.25, 0.3) is 0 Å². The third-order valence-electron chi connectivity index (χ3n) is 0.954. The summed E-state index contributed by atoms with van der Waals surface area (Å²) in [5.74, 6) is 0.665. The fourth-order valence-electron chi connectivity index (χ4n) is 0.487. The maximum atomic E-state index is 3.03. The van der Waals surface area contributed by atoms with Crippen LogP contribution >= 0.6 is 0 Å². The summed E-state index contributed by atoms with van der Waals surface area (Å²) in [6, 6.07) is 0. The van der Waals surface area contributed by atoms with Crippen LogP contribution in [0.3, 0.4) is 0 Å². The average molecular weight is 129 g/mol. The second-order valence-corrected chi connectivity index (χ2v) is 2.42. The van der Waals surface area contributed by atoms with Crippen LogP contribution in [0.4, 0.5) is 0 Å². The Hall–Kier alpha value is -0.340. The molecule has 0 rings (SSSR count). The second-order valence-electron chi connectivity index (χ2n) is 2.42. The van der Waals surface area contributed by atoms with Gasteiger partial charge in [0.15, 0.2) is 0 Å². The predicted octanol–water partition coefficient (Wildman–Crippen LogP) is -0.104. The molecule has 0 atom stereocenters. The Labute approximate surface area is 57.3 Å². The van der Waals surface area contributed by atoms with Crippen molar-refractivity contribution in [2.24, 2.45) is 5.92 Å². The molecule has 0 amide bonds. The third-order valence-corrected chi connectivity index (χ3v) is 0.954. The Morgan fingerprint density at radius 3 is 2.67 bits per heavy atom. The number of nitrogens with one attached hydrogen (secondary N) is 1. The summed E-state index contributed by atoms with van der Waals surface area (Å²) in [5, 5.41) is 5.15. The largest absolute Gasteiger partial charge is 0.308 e. The average Bonchev–Trinajstić information content (AvgIpc) is 1.80.